The first-order valence-corrected chi connectivity index (χ1v) is 6.50. The first-order chi connectivity index (χ1) is 6.61. The highest BCUT2D eigenvalue weighted by Crippen LogP contribution is 1.95. The number of hydrogen-bond donors (Lipinski definition) is 0. The summed E-state index contributed by atoms with van der Waals surface area (Å²) >= 11 is -0.241. The Balaban J connectivity index is 0.00000196. The van der Waals surface area contributed by atoms with Crippen LogP contribution in [0.5, 0.6) is 0 Å². The van der Waals surface area contributed by atoms with Crippen molar-refractivity contribution in [1.29, 1.82) is 0 Å². The Morgan fingerprint density at radius 3 is 1.80 bits per heavy atom. The predicted molar refractivity (Wildman–Crippen MR) is 70.2 cm³/mol. The highest BCUT2D eigenvalue weighted by Gasteiger charge is 2.17. The van der Waals surface area contributed by atoms with Crippen molar-refractivity contribution in [2.24, 2.45) is 0 Å². The monoisotopic (exact) mass is 238 g/mol. The van der Waals surface area contributed by atoms with E-state index in [4.69, 9.17) is 0 Å². The molecule has 0 N–H and O–H groups in total. The van der Waals surface area contributed by atoms with E-state index in [1.54, 1.807) is 0 Å². The lowest BCUT2D eigenvalue weighted by Gasteiger charge is -2.31. The maximum absolute atomic E-state index is 2.30. The van der Waals surface area contributed by atoms with E-state index >= 15 is 0 Å². The van der Waals surface area contributed by atoms with Crippen molar-refractivity contribution in [3.8, 4) is 0 Å². The minimum absolute atomic E-state index is 0. The van der Waals surface area contributed by atoms with Gasteiger partial charge in [-0.25, -0.2) is 0 Å². The van der Waals surface area contributed by atoms with E-state index < -0.39 is 0 Å². The molecule has 82 valence electrons. The highest BCUT2D eigenvalue weighted by atomic mass is 35.5. The first kappa shape index (κ1) is 15.2. The Morgan fingerprint density at radius 1 is 0.933 bits per heavy atom. The summed E-state index contributed by atoms with van der Waals surface area (Å²) in [5.41, 5.74) is 0. The average molecular weight is 239 g/mol. The predicted octanol–water partition coefficient (Wildman–Crippen LogP) is 0.845. The lowest BCUT2D eigenvalue weighted by atomic mass is 10.4. The third-order valence-corrected chi connectivity index (χ3v) is 5.22. The van der Waals surface area contributed by atoms with Crippen LogP contribution in [0.3, 0.4) is 0 Å². The van der Waals surface area contributed by atoms with E-state index in [1.165, 1.54) is 3.69 Å². The molecular weight excluding hydrogens is 220 g/mol. The zero-order valence-electron chi connectivity index (χ0n) is 9.97. The molecule has 0 heterocycles. The molecule has 1 rings (SSSR count). The summed E-state index contributed by atoms with van der Waals surface area (Å²) in [7, 11) is 8.61. The smallest absolute Gasteiger partial charge is 0.318 e. The van der Waals surface area contributed by atoms with Crippen LogP contribution in [0.25, 0.3) is 0 Å². The number of halogens is 1. The quantitative estimate of drug-likeness (QED) is 0.567. The van der Waals surface area contributed by atoms with Crippen molar-refractivity contribution in [3.63, 3.8) is 0 Å². The number of rotatable bonds is 4. The van der Waals surface area contributed by atoms with Gasteiger partial charge in [0.25, 0.3) is 0 Å². The maximum Gasteiger partial charge on any atom is 0.456 e. The van der Waals surface area contributed by atoms with Crippen LogP contribution in [-0.4, -0.2) is 62.7 Å². The second-order valence-corrected chi connectivity index (χ2v) is 6.05. The van der Waals surface area contributed by atoms with Crippen LogP contribution >= 0.6 is 12.4 Å². The van der Waals surface area contributed by atoms with Crippen molar-refractivity contribution < 1.29 is 0 Å². The summed E-state index contributed by atoms with van der Waals surface area (Å²) in [4.78, 5) is 4.61. The van der Waals surface area contributed by atoms with Crippen molar-refractivity contribution in [2.45, 2.75) is 4.30 Å². The lowest BCUT2D eigenvalue weighted by molar-refractivity contribution is 0.202. The Kier molecular flexibility index (Phi) is 7.56. The molecule has 2 nitrogen and oxygen atoms in total. The van der Waals surface area contributed by atoms with Crippen LogP contribution in [0.15, 0.2) is 30.3 Å². The molecule has 1 aromatic carbocycles. The zero-order valence-corrected chi connectivity index (χ0v) is 12.2. The molecule has 1 aromatic rings. The van der Waals surface area contributed by atoms with Gasteiger partial charge in [-0.1, -0.05) is 30.3 Å². The van der Waals surface area contributed by atoms with Crippen LogP contribution in [-0.2, 0) is 0 Å². The van der Waals surface area contributed by atoms with E-state index in [-0.39, 0.29) is 32.8 Å². The minimum Gasteiger partial charge on any atom is -0.318 e. The summed E-state index contributed by atoms with van der Waals surface area (Å²) in [5.74, 6) is 0. The summed E-state index contributed by atoms with van der Waals surface area (Å²) in [5, 5.41) is 0. The van der Waals surface area contributed by atoms with E-state index in [0.29, 0.717) is 4.30 Å². The molecule has 0 amide bonds. The summed E-state index contributed by atoms with van der Waals surface area (Å²) < 4.78 is 2.14. The van der Waals surface area contributed by atoms with Crippen molar-refractivity contribution in [2.75, 3.05) is 28.2 Å². The van der Waals surface area contributed by atoms with Gasteiger partial charge in [0.1, 0.15) is 0 Å². The summed E-state index contributed by atoms with van der Waals surface area (Å²) in [6, 6.07) is 10.8. The van der Waals surface area contributed by atoms with E-state index in [9.17, 15) is 0 Å². The molecule has 0 aliphatic carbocycles. The van der Waals surface area contributed by atoms with Gasteiger partial charge in [-0.15, -0.1) is 12.4 Å². The fraction of sp³-hybridized carbons (Fsp3) is 0.455. The van der Waals surface area contributed by atoms with E-state index in [0.717, 1.165) is 0 Å². The second kappa shape index (κ2) is 7.47. The minimum atomic E-state index is -0.241. The largest absolute Gasteiger partial charge is 0.456 e. The van der Waals surface area contributed by atoms with Crippen LogP contribution in [0.1, 0.15) is 0 Å². The number of hydrogen-bond acceptors (Lipinski definition) is 2. The Morgan fingerprint density at radius 2 is 1.40 bits per heavy atom. The molecule has 0 aromatic heterocycles. The summed E-state index contributed by atoms with van der Waals surface area (Å²) in [6.45, 7) is 0. The standard InChI is InChI=1S/C6H5.C5H13N2.ClH.Mg/c1-2-4-6-5-3-1;1-6(2)5-7(3)4;;/h1-5H;5H,1-4H3;1H;. The molecule has 15 heavy (non-hydrogen) atoms. The van der Waals surface area contributed by atoms with Gasteiger partial charge in [0.05, 0.1) is 0 Å². The molecule has 0 unspecified atom stereocenters. The Bertz CT molecular complexity index is 257. The molecule has 0 bridgehead atoms. The van der Waals surface area contributed by atoms with Crippen LogP contribution in [0, 0.1) is 0 Å². The molecule has 0 aliphatic heterocycles. The van der Waals surface area contributed by atoms with Gasteiger partial charge in [-0.3, -0.25) is 0 Å². The number of benzene rings is 1. The molecular formula is C11H19ClMgN2. The molecule has 0 fully saturated rings. The second-order valence-electron chi connectivity index (χ2n) is 4.10. The van der Waals surface area contributed by atoms with Gasteiger partial charge >= 0.3 is 20.4 Å². The zero-order chi connectivity index (χ0) is 10.6. The molecule has 0 saturated heterocycles. The first-order valence-electron chi connectivity index (χ1n) is 4.98. The molecule has 0 radical (unpaired) electrons. The van der Waals surface area contributed by atoms with Crippen LogP contribution < -0.4 is 3.69 Å². The van der Waals surface area contributed by atoms with Gasteiger partial charge < -0.3 is 9.80 Å². The fourth-order valence-corrected chi connectivity index (χ4v) is 3.35. The van der Waals surface area contributed by atoms with Crippen LogP contribution in [0.2, 0.25) is 0 Å². The van der Waals surface area contributed by atoms with Crippen LogP contribution in [0.4, 0.5) is 0 Å². The SMILES string of the molecule is CN(C)[CH]([Mg][c]1ccccc1)N(C)C.Cl. The molecule has 0 saturated carbocycles. The Labute approximate surface area is 109 Å². The average Bonchev–Trinajstić information content (AvgIpc) is 2.15. The summed E-state index contributed by atoms with van der Waals surface area (Å²) in [6.07, 6.45) is 0. The number of nitrogens with zero attached hydrogens (tertiary/aromatic N) is 2. The van der Waals surface area contributed by atoms with E-state index in [1.807, 2.05) is 0 Å². The van der Waals surface area contributed by atoms with Gasteiger partial charge in [0.15, 0.2) is 0 Å². The molecule has 4 heteroatoms. The third-order valence-electron chi connectivity index (χ3n) is 2.45. The highest BCUT2D eigenvalue weighted by molar-refractivity contribution is 6.54. The fourth-order valence-electron chi connectivity index (χ4n) is 1.65. The van der Waals surface area contributed by atoms with Crippen molar-refractivity contribution >= 4 is 36.5 Å². The van der Waals surface area contributed by atoms with Gasteiger partial charge in [-0.2, -0.15) is 3.69 Å². The molecule has 0 aliphatic rings. The van der Waals surface area contributed by atoms with E-state index in [2.05, 4.69) is 68.3 Å². The molecule has 0 atom stereocenters. The normalized spacial score (nSPS) is 10.3. The topological polar surface area (TPSA) is 6.48 Å². The molecule has 0 spiro atoms. The van der Waals surface area contributed by atoms with Gasteiger partial charge in [-0.05, 0) is 32.5 Å². The maximum atomic E-state index is 2.30. The van der Waals surface area contributed by atoms with Gasteiger partial charge in [0.2, 0.25) is 0 Å². The van der Waals surface area contributed by atoms with Crippen molar-refractivity contribution in [3.05, 3.63) is 30.3 Å². The van der Waals surface area contributed by atoms with Gasteiger partial charge in [0, 0.05) is 0 Å². The third kappa shape index (κ3) is 5.18. The van der Waals surface area contributed by atoms with Crippen molar-refractivity contribution in [1.82, 2.24) is 9.80 Å². The lowest BCUT2D eigenvalue weighted by Crippen LogP contribution is -2.48. The Hall–Kier alpha value is 0.196.